The highest BCUT2D eigenvalue weighted by Gasteiger charge is 2.45. The third-order valence-corrected chi connectivity index (χ3v) is 12.4. The van der Waals surface area contributed by atoms with Crippen LogP contribution in [0.15, 0.2) is 115 Å². The normalized spacial score (nSPS) is 17.7. The van der Waals surface area contributed by atoms with Gasteiger partial charge in [-0.2, -0.15) is 0 Å². The maximum atomic E-state index is 15.1. The second-order valence-electron chi connectivity index (χ2n) is 17.0. The smallest absolute Gasteiger partial charge is 0.244 e. The fraction of sp³-hybridized carbons (Fsp3) is 0.404. The zero-order chi connectivity index (χ0) is 45.4. The summed E-state index contributed by atoms with van der Waals surface area (Å²) in [7, 11) is 0. The number of rotatable bonds is 23. The molecule has 1 heterocycles. The summed E-state index contributed by atoms with van der Waals surface area (Å²) >= 11 is 0. The van der Waals surface area contributed by atoms with Gasteiger partial charge >= 0.3 is 0 Å². The lowest BCUT2D eigenvalue weighted by atomic mass is 9.76. The minimum absolute atomic E-state index is 0.0732. The number of ketones is 4. The number of primary amides is 1. The first kappa shape index (κ1) is 47.2. The van der Waals surface area contributed by atoms with Crippen LogP contribution in [0.3, 0.4) is 0 Å². The molecule has 6 rings (SSSR count). The highest BCUT2D eigenvalue weighted by molar-refractivity contribution is 6.38. The average molecular weight is 870 g/mol. The molecule has 0 spiro atoms. The van der Waals surface area contributed by atoms with E-state index in [0.717, 1.165) is 37.7 Å². The van der Waals surface area contributed by atoms with E-state index in [1.807, 2.05) is 55.5 Å². The maximum Gasteiger partial charge on any atom is 0.244 e. The van der Waals surface area contributed by atoms with Gasteiger partial charge in [-0.1, -0.05) is 124 Å². The van der Waals surface area contributed by atoms with E-state index >= 15 is 4.79 Å². The van der Waals surface area contributed by atoms with Crippen molar-refractivity contribution >= 4 is 40.9 Å². The summed E-state index contributed by atoms with van der Waals surface area (Å²) in [4.78, 5) is 97.6. The molecule has 1 saturated carbocycles. The molecule has 64 heavy (non-hydrogen) atoms. The number of likely N-dealkylation sites (tertiary alicyclic amines) is 1. The van der Waals surface area contributed by atoms with Crippen LogP contribution in [0.2, 0.25) is 0 Å². The summed E-state index contributed by atoms with van der Waals surface area (Å²) in [5.74, 6) is -4.64. The van der Waals surface area contributed by atoms with Crippen LogP contribution in [0.5, 0.6) is 11.5 Å². The molecular weight excluding hydrogens is 811 g/mol. The number of nitrogens with zero attached hydrogens (tertiary/aromatic N) is 1. The molecule has 0 aromatic heterocycles. The van der Waals surface area contributed by atoms with Gasteiger partial charge in [0.05, 0.1) is 24.3 Å². The van der Waals surface area contributed by atoms with Crippen molar-refractivity contribution in [3.8, 4) is 11.5 Å². The Kier molecular flexibility index (Phi) is 17.3. The number of hydrogen-bond donors (Lipinski definition) is 2. The van der Waals surface area contributed by atoms with Gasteiger partial charge in [0.2, 0.25) is 23.5 Å². The molecule has 1 saturated heterocycles. The first-order valence-electron chi connectivity index (χ1n) is 22.6. The lowest BCUT2D eigenvalue weighted by Gasteiger charge is -2.34. The van der Waals surface area contributed by atoms with Crippen molar-refractivity contribution in [3.05, 3.63) is 132 Å². The molecule has 12 nitrogen and oxygen atoms in total. The third-order valence-electron chi connectivity index (χ3n) is 12.4. The number of ether oxygens (including phenoxy) is 2. The van der Waals surface area contributed by atoms with Crippen LogP contribution in [0.4, 0.5) is 0 Å². The van der Waals surface area contributed by atoms with Gasteiger partial charge in [0.15, 0.2) is 17.3 Å². The minimum Gasteiger partial charge on any atom is -0.457 e. The Labute approximate surface area is 375 Å². The van der Waals surface area contributed by atoms with Crippen molar-refractivity contribution in [1.82, 2.24) is 10.2 Å². The molecule has 3 N–H and O–H groups in total. The van der Waals surface area contributed by atoms with E-state index in [4.69, 9.17) is 15.2 Å². The Morgan fingerprint density at radius 1 is 0.766 bits per heavy atom. The third kappa shape index (κ3) is 12.9. The quantitative estimate of drug-likeness (QED) is 0.0551. The number of amides is 3. The molecule has 336 valence electrons. The molecule has 0 bridgehead atoms. The van der Waals surface area contributed by atoms with E-state index in [1.165, 1.54) is 0 Å². The van der Waals surface area contributed by atoms with Crippen molar-refractivity contribution in [1.29, 1.82) is 0 Å². The largest absolute Gasteiger partial charge is 0.457 e. The minimum atomic E-state index is -1.11. The highest BCUT2D eigenvalue weighted by Crippen LogP contribution is 2.38. The molecule has 12 heteroatoms. The summed E-state index contributed by atoms with van der Waals surface area (Å²) in [6, 6.07) is 32.2. The lowest BCUT2D eigenvalue weighted by Crippen LogP contribution is -2.47. The average Bonchev–Trinajstić information content (AvgIpc) is 3.76. The molecule has 2 aliphatic rings. The number of carbonyl (C=O) groups excluding carboxylic acids is 7. The van der Waals surface area contributed by atoms with E-state index in [2.05, 4.69) is 5.32 Å². The second kappa shape index (κ2) is 23.4. The van der Waals surface area contributed by atoms with Crippen molar-refractivity contribution in [2.24, 2.45) is 23.5 Å². The van der Waals surface area contributed by atoms with E-state index in [-0.39, 0.29) is 68.6 Å². The zero-order valence-electron chi connectivity index (χ0n) is 36.5. The second-order valence-corrected chi connectivity index (χ2v) is 17.0. The fourth-order valence-electron chi connectivity index (χ4n) is 9.00. The lowest BCUT2D eigenvalue weighted by molar-refractivity contribution is -0.144. The number of nitrogens with one attached hydrogen (secondary N) is 1. The first-order valence-corrected chi connectivity index (χ1v) is 22.6. The monoisotopic (exact) mass is 869 g/mol. The Hall–Kier alpha value is -6.27. The maximum absolute atomic E-state index is 15.1. The van der Waals surface area contributed by atoms with Crippen LogP contribution >= 0.6 is 0 Å². The van der Waals surface area contributed by atoms with E-state index < -0.39 is 59.8 Å². The molecule has 3 amide bonds. The van der Waals surface area contributed by atoms with Gasteiger partial charge < -0.3 is 25.4 Å². The fourth-order valence-corrected chi connectivity index (χ4v) is 9.00. The van der Waals surface area contributed by atoms with Crippen LogP contribution in [-0.4, -0.2) is 64.4 Å². The number of Topliss-reactive ketones (excluding diaryl/α,β-unsaturated/α-hetero) is 4. The number of hydrogen-bond acceptors (Lipinski definition) is 9. The molecule has 1 aliphatic carbocycles. The number of nitrogens with two attached hydrogens (primary N) is 1. The summed E-state index contributed by atoms with van der Waals surface area (Å²) < 4.78 is 12.5. The van der Waals surface area contributed by atoms with Gasteiger partial charge in [0.25, 0.3) is 0 Å². The van der Waals surface area contributed by atoms with Crippen LogP contribution in [-0.2, 0) is 40.1 Å². The molecule has 0 radical (unpaired) electrons. The molecule has 5 atom stereocenters. The number of benzene rings is 4. The molecule has 3 unspecified atom stereocenters. The van der Waals surface area contributed by atoms with Gasteiger partial charge in [-0.05, 0) is 60.6 Å². The summed E-state index contributed by atoms with van der Waals surface area (Å²) in [5.41, 5.74) is 7.32. The van der Waals surface area contributed by atoms with Crippen molar-refractivity contribution in [2.75, 3.05) is 6.54 Å². The van der Waals surface area contributed by atoms with Gasteiger partial charge in [0.1, 0.15) is 17.5 Å². The Morgan fingerprint density at radius 2 is 1.41 bits per heavy atom. The summed E-state index contributed by atoms with van der Waals surface area (Å²) in [6.07, 6.45) is 3.76. The Bertz CT molecular complexity index is 2230. The first-order chi connectivity index (χ1) is 31.0. The Balaban J connectivity index is 1.19. The van der Waals surface area contributed by atoms with E-state index in [9.17, 15) is 28.8 Å². The van der Waals surface area contributed by atoms with Crippen LogP contribution < -0.4 is 15.8 Å². The van der Waals surface area contributed by atoms with E-state index in [1.54, 1.807) is 71.6 Å². The summed E-state index contributed by atoms with van der Waals surface area (Å²) in [6.45, 7) is 2.24. The van der Waals surface area contributed by atoms with Gasteiger partial charge in [-0.15, -0.1) is 0 Å². The van der Waals surface area contributed by atoms with Crippen molar-refractivity contribution in [3.63, 3.8) is 0 Å². The standard InChI is InChI=1S/C52H59N3O9/c1-2-17-38(50(60)44(56)28-29-48(59)54-49(51(53)61)37-22-11-5-12-23-37)30-46(58)43-31-40(63-34-35-18-7-3-8-19-35)33-55(43)52(62)42(36-20-9-4-10-21-36)32-45(57)41-26-15-16-27-47(41)64-39-24-13-6-14-25-39/h3,5-8,11-16,18-19,22-27,36,38,40,42-43,49H,2,4,9-10,17,20-21,28-34H2,1H3,(H2,53,61)(H,54,59)/t38?,40-,42?,43+,49?/m1/s1. The predicted octanol–water partition coefficient (Wildman–Crippen LogP) is 8.07. The molecular formula is C52H59N3O9. The number of para-hydroxylation sites is 2. The van der Waals surface area contributed by atoms with Gasteiger partial charge in [-0.25, -0.2) is 0 Å². The van der Waals surface area contributed by atoms with E-state index in [0.29, 0.717) is 29.0 Å². The predicted molar refractivity (Wildman–Crippen MR) is 241 cm³/mol. The van der Waals surface area contributed by atoms with Crippen LogP contribution in [0.1, 0.15) is 112 Å². The van der Waals surface area contributed by atoms with Gasteiger partial charge in [-0.3, -0.25) is 33.6 Å². The zero-order valence-corrected chi connectivity index (χ0v) is 36.5. The van der Waals surface area contributed by atoms with Crippen molar-refractivity contribution in [2.45, 2.75) is 109 Å². The van der Waals surface area contributed by atoms with Crippen LogP contribution in [0.25, 0.3) is 0 Å². The molecule has 4 aromatic rings. The summed E-state index contributed by atoms with van der Waals surface area (Å²) in [5, 5.41) is 2.55. The SMILES string of the molecule is CCCC(CC(=O)[C@@H]1C[C@@H](OCc2ccccc2)CN1C(=O)C(CC(=O)c1ccccc1Oc1ccccc1)C1CCCCC1)C(=O)C(=O)CCC(=O)NC(C(N)=O)c1ccccc1. The van der Waals surface area contributed by atoms with Crippen LogP contribution in [0, 0.1) is 17.8 Å². The molecule has 2 fully saturated rings. The number of carbonyl (C=O) groups is 7. The topological polar surface area (TPSA) is 179 Å². The Morgan fingerprint density at radius 3 is 2.08 bits per heavy atom. The highest BCUT2D eigenvalue weighted by atomic mass is 16.5. The molecule has 1 aliphatic heterocycles. The van der Waals surface area contributed by atoms with Crippen molar-refractivity contribution < 1.29 is 43.0 Å². The molecule has 4 aromatic carbocycles. The van der Waals surface area contributed by atoms with Gasteiger partial charge in [0, 0.05) is 50.5 Å².